The average molecular weight is 304 g/mol. The van der Waals surface area contributed by atoms with Gasteiger partial charge in [-0.3, -0.25) is 0 Å². The van der Waals surface area contributed by atoms with Crippen molar-refractivity contribution in [3.05, 3.63) is 31.9 Å². The first kappa shape index (κ1) is 11.0. The van der Waals surface area contributed by atoms with Gasteiger partial charge in [0.25, 0.3) is 0 Å². The van der Waals surface area contributed by atoms with E-state index in [4.69, 9.17) is 5.73 Å². The minimum Gasteiger partial charge on any atom is -0.375 e. The molecule has 0 aliphatic rings. The Morgan fingerprint density at radius 2 is 2.44 bits per heavy atom. The van der Waals surface area contributed by atoms with E-state index in [1.165, 1.54) is 22.2 Å². The molecule has 0 amide bonds. The molecule has 0 aliphatic heterocycles. The summed E-state index contributed by atoms with van der Waals surface area (Å²) < 4.78 is 1.79. The van der Waals surface area contributed by atoms with Crippen molar-refractivity contribution in [1.29, 1.82) is 0 Å². The second-order valence-electron chi connectivity index (χ2n) is 2.93. The van der Waals surface area contributed by atoms with Gasteiger partial charge in [-0.2, -0.15) is 4.68 Å². The van der Waals surface area contributed by atoms with Crippen LogP contribution < -0.4 is 5.73 Å². The van der Waals surface area contributed by atoms with Crippen LogP contribution in [0.1, 0.15) is 5.69 Å². The van der Waals surface area contributed by atoms with Gasteiger partial charge in [0.05, 0.1) is 17.0 Å². The van der Waals surface area contributed by atoms with Crippen molar-refractivity contribution in [2.24, 2.45) is 0 Å². The Labute approximate surface area is 102 Å². The van der Waals surface area contributed by atoms with Crippen molar-refractivity contribution < 1.29 is 4.92 Å². The van der Waals surface area contributed by atoms with E-state index in [2.05, 4.69) is 26.0 Å². The summed E-state index contributed by atoms with van der Waals surface area (Å²) in [7, 11) is 0. The molecule has 16 heavy (non-hydrogen) atoms. The monoisotopic (exact) mass is 303 g/mol. The molecule has 0 spiro atoms. The van der Waals surface area contributed by atoms with Crippen LogP contribution in [0.4, 0.5) is 10.9 Å². The van der Waals surface area contributed by atoms with Crippen LogP contribution in [-0.4, -0.2) is 19.7 Å². The van der Waals surface area contributed by atoms with Gasteiger partial charge in [0.2, 0.25) is 0 Å². The fourth-order valence-corrected chi connectivity index (χ4v) is 2.17. The van der Waals surface area contributed by atoms with Gasteiger partial charge < -0.3 is 15.8 Å². The first-order chi connectivity index (χ1) is 7.56. The number of aromatic nitrogens is 3. The normalized spacial score (nSPS) is 10.6. The molecule has 0 atom stereocenters. The van der Waals surface area contributed by atoms with Crippen molar-refractivity contribution in [3.63, 3.8) is 0 Å². The third-order valence-electron chi connectivity index (χ3n) is 1.77. The standard InChI is InChI=1S/C7H6BrN5O2S/c8-5-2-12(11-6(5)13(14)15)1-4-3-16-7(9)10-4/h2-3H,1H2,(H2,9,10). The van der Waals surface area contributed by atoms with E-state index in [0.29, 0.717) is 16.1 Å². The van der Waals surface area contributed by atoms with Crippen LogP contribution >= 0.6 is 27.3 Å². The molecular weight excluding hydrogens is 298 g/mol. The Kier molecular flexibility index (Phi) is 2.88. The summed E-state index contributed by atoms with van der Waals surface area (Å²) in [6.07, 6.45) is 1.54. The number of nitrogen functional groups attached to an aromatic ring is 1. The summed E-state index contributed by atoms with van der Waals surface area (Å²) >= 11 is 4.39. The molecule has 0 aromatic carbocycles. The summed E-state index contributed by atoms with van der Waals surface area (Å²) in [4.78, 5) is 14.1. The molecule has 2 heterocycles. The highest BCUT2D eigenvalue weighted by Crippen LogP contribution is 2.22. The molecule has 0 radical (unpaired) electrons. The fraction of sp³-hybridized carbons (Fsp3) is 0.143. The largest absolute Gasteiger partial charge is 0.404 e. The highest BCUT2D eigenvalue weighted by atomic mass is 79.9. The van der Waals surface area contributed by atoms with E-state index in [1.54, 1.807) is 5.38 Å². The quantitative estimate of drug-likeness (QED) is 0.686. The Bertz CT molecular complexity index is 537. The lowest BCUT2D eigenvalue weighted by Gasteiger charge is -1.90. The number of halogens is 1. The number of rotatable bonds is 3. The summed E-state index contributed by atoms with van der Waals surface area (Å²) in [6.45, 7) is 0.361. The Morgan fingerprint density at radius 1 is 1.69 bits per heavy atom. The van der Waals surface area contributed by atoms with E-state index in [-0.39, 0.29) is 5.82 Å². The minimum atomic E-state index is -0.546. The first-order valence-corrected chi connectivity index (χ1v) is 5.81. The smallest absolute Gasteiger partial charge is 0.375 e. The lowest BCUT2D eigenvalue weighted by Crippen LogP contribution is -2.01. The second kappa shape index (κ2) is 4.18. The molecule has 0 unspecified atom stereocenters. The minimum absolute atomic E-state index is 0.205. The fourth-order valence-electron chi connectivity index (χ4n) is 1.15. The second-order valence-corrected chi connectivity index (χ2v) is 4.68. The predicted octanol–water partition coefficient (Wildman–Crippen LogP) is 1.64. The maximum Gasteiger partial charge on any atom is 0.404 e. The van der Waals surface area contributed by atoms with Crippen LogP contribution in [0.15, 0.2) is 16.0 Å². The third kappa shape index (κ3) is 2.19. The average Bonchev–Trinajstić information content (AvgIpc) is 2.73. The van der Waals surface area contributed by atoms with Crippen LogP contribution in [0, 0.1) is 10.1 Å². The zero-order chi connectivity index (χ0) is 11.7. The SMILES string of the molecule is Nc1nc(Cn2cc(Br)c([N+](=O)[O-])n2)cs1. The molecule has 7 nitrogen and oxygen atoms in total. The van der Waals surface area contributed by atoms with Gasteiger partial charge in [-0.15, -0.1) is 11.3 Å². The summed E-state index contributed by atoms with van der Waals surface area (Å²) in [5.41, 5.74) is 6.20. The van der Waals surface area contributed by atoms with Gasteiger partial charge in [0.15, 0.2) is 5.13 Å². The van der Waals surface area contributed by atoms with Crippen LogP contribution in [-0.2, 0) is 6.54 Å². The van der Waals surface area contributed by atoms with E-state index in [1.807, 2.05) is 0 Å². The number of thiazole rings is 1. The van der Waals surface area contributed by atoms with E-state index in [0.717, 1.165) is 5.69 Å². The zero-order valence-corrected chi connectivity index (χ0v) is 10.2. The van der Waals surface area contributed by atoms with Gasteiger partial charge in [0, 0.05) is 5.38 Å². The van der Waals surface area contributed by atoms with E-state index in [9.17, 15) is 10.1 Å². The number of anilines is 1. The van der Waals surface area contributed by atoms with Gasteiger partial charge in [-0.05, 0) is 20.9 Å². The molecule has 0 saturated carbocycles. The number of nitrogens with two attached hydrogens (primary N) is 1. The number of hydrogen-bond acceptors (Lipinski definition) is 6. The number of hydrogen-bond donors (Lipinski definition) is 1. The van der Waals surface area contributed by atoms with Gasteiger partial charge >= 0.3 is 5.82 Å². The third-order valence-corrected chi connectivity index (χ3v) is 3.05. The Hall–Kier alpha value is -1.48. The summed E-state index contributed by atoms with van der Waals surface area (Å²) in [6, 6.07) is 0. The molecule has 2 aromatic heterocycles. The van der Waals surface area contributed by atoms with Crippen LogP contribution in [0.3, 0.4) is 0 Å². The lowest BCUT2D eigenvalue weighted by atomic mass is 10.5. The van der Waals surface area contributed by atoms with Gasteiger partial charge in [0.1, 0.15) is 11.0 Å². The van der Waals surface area contributed by atoms with Crippen LogP contribution in [0.25, 0.3) is 0 Å². The molecule has 2 N–H and O–H groups in total. The topological polar surface area (TPSA) is 99.9 Å². The molecule has 2 rings (SSSR count). The molecule has 0 saturated heterocycles. The molecule has 0 bridgehead atoms. The number of nitrogens with zero attached hydrogens (tertiary/aromatic N) is 4. The predicted molar refractivity (Wildman–Crippen MR) is 62.2 cm³/mol. The van der Waals surface area contributed by atoms with Gasteiger partial charge in [-0.25, -0.2) is 4.98 Å². The van der Waals surface area contributed by atoms with E-state index < -0.39 is 4.92 Å². The van der Waals surface area contributed by atoms with Crippen molar-refractivity contribution in [1.82, 2.24) is 14.8 Å². The van der Waals surface area contributed by atoms with Crippen molar-refractivity contribution in [2.45, 2.75) is 6.54 Å². The van der Waals surface area contributed by atoms with Crippen molar-refractivity contribution >= 4 is 38.2 Å². The highest BCUT2D eigenvalue weighted by molar-refractivity contribution is 9.10. The molecule has 0 fully saturated rings. The summed E-state index contributed by atoms with van der Waals surface area (Å²) in [5, 5.41) is 16.6. The van der Waals surface area contributed by atoms with Crippen molar-refractivity contribution in [3.8, 4) is 0 Å². The summed E-state index contributed by atoms with van der Waals surface area (Å²) in [5.74, 6) is -0.205. The van der Waals surface area contributed by atoms with E-state index >= 15 is 0 Å². The lowest BCUT2D eigenvalue weighted by molar-refractivity contribution is -0.390. The maximum atomic E-state index is 10.6. The Morgan fingerprint density at radius 3 is 2.94 bits per heavy atom. The van der Waals surface area contributed by atoms with Gasteiger partial charge in [-0.1, -0.05) is 0 Å². The zero-order valence-electron chi connectivity index (χ0n) is 7.83. The maximum absolute atomic E-state index is 10.6. The molecular formula is C7H6BrN5O2S. The first-order valence-electron chi connectivity index (χ1n) is 4.13. The molecule has 84 valence electrons. The van der Waals surface area contributed by atoms with Crippen LogP contribution in [0.5, 0.6) is 0 Å². The molecule has 2 aromatic rings. The number of nitro groups is 1. The Balaban J connectivity index is 2.22. The molecule has 9 heteroatoms. The molecule has 0 aliphatic carbocycles. The van der Waals surface area contributed by atoms with Crippen LogP contribution in [0.2, 0.25) is 0 Å². The highest BCUT2D eigenvalue weighted by Gasteiger charge is 2.18. The van der Waals surface area contributed by atoms with Crippen molar-refractivity contribution in [2.75, 3.05) is 5.73 Å².